The summed E-state index contributed by atoms with van der Waals surface area (Å²) >= 11 is 3.51. The second-order valence-electron chi connectivity index (χ2n) is 6.34. The first-order chi connectivity index (χ1) is 11.0. The van der Waals surface area contributed by atoms with E-state index in [1.807, 2.05) is 25.1 Å². The van der Waals surface area contributed by atoms with Crippen molar-refractivity contribution in [2.75, 3.05) is 18.4 Å². The molecule has 1 unspecified atom stereocenters. The molecular weight excluding hydrogens is 354 g/mol. The Kier molecular flexibility index (Phi) is 4.87. The van der Waals surface area contributed by atoms with E-state index < -0.39 is 0 Å². The third-order valence-electron chi connectivity index (χ3n) is 4.67. The Morgan fingerprint density at radius 1 is 1.43 bits per heavy atom. The quantitative estimate of drug-likeness (QED) is 0.844. The summed E-state index contributed by atoms with van der Waals surface area (Å²) in [6, 6.07) is 10.6. The van der Waals surface area contributed by atoms with Crippen LogP contribution in [0.25, 0.3) is 0 Å². The van der Waals surface area contributed by atoms with E-state index in [1.165, 1.54) is 17.0 Å². The summed E-state index contributed by atoms with van der Waals surface area (Å²) in [6.07, 6.45) is 4.40. The third-order valence-corrected chi connectivity index (χ3v) is 5.52. The van der Waals surface area contributed by atoms with Crippen LogP contribution in [0.4, 0.5) is 5.69 Å². The van der Waals surface area contributed by atoms with Crippen molar-refractivity contribution in [1.82, 2.24) is 4.57 Å². The first kappa shape index (κ1) is 16.3. The summed E-state index contributed by atoms with van der Waals surface area (Å²) in [5.74, 6) is 0.0804. The number of rotatable bonds is 4. The molecule has 1 saturated heterocycles. The van der Waals surface area contributed by atoms with E-state index in [0.29, 0.717) is 12.6 Å². The molecule has 0 radical (unpaired) electrons. The maximum Gasteiger partial charge on any atom is 0.279 e. The lowest BCUT2D eigenvalue weighted by Crippen LogP contribution is -3.11. The molecule has 1 aromatic heterocycles. The minimum absolute atomic E-state index is 0.0804. The van der Waals surface area contributed by atoms with Gasteiger partial charge in [-0.3, -0.25) is 4.79 Å². The Balaban J connectivity index is 1.65. The van der Waals surface area contributed by atoms with Crippen LogP contribution in [-0.4, -0.2) is 23.6 Å². The number of aromatic nitrogens is 1. The number of carbonyl (C=O) groups is 1. The van der Waals surface area contributed by atoms with Crippen molar-refractivity contribution >= 4 is 27.5 Å². The number of amides is 1. The molecule has 0 saturated carbocycles. The molecular formula is C18H23BrN3O+. The van der Waals surface area contributed by atoms with Crippen molar-refractivity contribution in [3.05, 3.63) is 52.3 Å². The number of halogens is 1. The van der Waals surface area contributed by atoms with Crippen molar-refractivity contribution in [3.63, 3.8) is 0 Å². The zero-order valence-corrected chi connectivity index (χ0v) is 15.2. The van der Waals surface area contributed by atoms with E-state index in [-0.39, 0.29) is 5.91 Å². The zero-order chi connectivity index (χ0) is 16.4. The van der Waals surface area contributed by atoms with Gasteiger partial charge in [0.1, 0.15) is 6.04 Å². The highest BCUT2D eigenvalue weighted by atomic mass is 79.9. The third kappa shape index (κ3) is 3.67. The second kappa shape index (κ2) is 6.89. The summed E-state index contributed by atoms with van der Waals surface area (Å²) in [4.78, 5) is 13.8. The van der Waals surface area contributed by atoms with Crippen LogP contribution in [0.15, 0.2) is 41.0 Å². The first-order valence-corrected chi connectivity index (χ1v) is 8.85. The second-order valence-corrected chi connectivity index (χ2v) is 7.19. The highest BCUT2D eigenvalue weighted by Crippen LogP contribution is 2.21. The van der Waals surface area contributed by atoms with Crippen LogP contribution in [0, 0.1) is 6.92 Å². The van der Waals surface area contributed by atoms with Gasteiger partial charge < -0.3 is 14.8 Å². The molecule has 1 aliphatic heterocycles. The normalized spacial score (nSPS) is 20.7. The van der Waals surface area contributed by atoms with Crippen LogP contribution < -0.4 is 10.2 Å². The van der Waals surface area contributed by atoms with Gasteiger partial charge in [0.05, 0.1) is 12.2 Å². The van der Waals surface area contributed by atoms with Gasteiger partial charge in [0.2, 0.25) is 0 Å². The van der Waals surface area contributed by atoms with E-state index in [9.17, 15) is 4.79 Å². The van der Waals surface area contributed by atoms with E-state index in [0.717, 1.165) is 28.7 Å². The molecule has 23 heavy (non-hydrogen) atoms. The van der Waals surface area contributed by atoms with Crippen molar-refractivity contribution < 1.29 is 9.69 Å². The number of hydrogen-bond acceptors (Lipinski definition) is 1. The molecule has 0 bridgehead atoms. The summed E-state index contributed by atoms with van der Waals surface area (Å²) < 4.78 is 3.19. The van der Waals surface area contributed by atoms with Gasteiger partial charge >= 0.3 is 0 Å². The summed E-state index contributed by atoms with van der Waals surface area (Å²) in [6.45, 7) is 3.61. The molecule has 2 atom stereocenters. The Bertz CT molecular complexity index is 710. The molecule has 1 aliphatic rings. The average Bonchev–Trinajstić information content (AvgIpc) is 3.11. The highest BCUT2D eigenvalue weighted by Gasteiger charge is 2.32. The van der Waals surface area contributed by atoms with Gasteiger partial charge in [-0.2, -0.15) is 0 Å². The molecule has 1 amide bonds. The predicted octanol–water partition coefficient (Wildman–Crippen LogP) is 2.45. The first-order valence-electron chi connectivity index (χ1n) is 8.06. The van der Waals surface area contributed by atoms with Gasteiger partial charge in [-0.15, -0.1) is 0 Å². The number of nitrogens with zero attached hydrogens (tertiary/aromatic N) is 1. The van der Waals surface area contributed by atoms with Crippen LogP contribution in [0.2, 0.25) is 0 Å². The molecule has 1 fully saturated rings. The standard InChI is InChI=1S/C18H22BrN3O/c1-13-7-8-14(11-15(13)19)20-18(23)12-22-10-4-6-17(22)16-5-3-9-21(16)2/h3,5,7-9,11,17H,4,6,10,12H2,1-2H3,(H,20,23)/p+1/t17-/m1/s1. The summed E-state index contributed by atoms with van der Waals surface area (Å²) in [5.41, 5.74) is 3.34. The Labute approximate surface area is 145 Å². The van der Waals surface area contributed by atoms with Crippen molar-refractivity contribution in [2.24, 2.45) is 7.05 Å². The predicted molar refractivity (Wildman–Crippen MR) is 95.6 cm³/mol. The zero-order valence-electron chi connectivity index (χ0n) is 13.6. The SMILES string of the molecule is Cc1ccc(NC(=O)C[NH+]2CCC[C@@H]2c2cccn2C)cc1Br. The maximum absolute atomic E-state index is 12.4. The van der Waals surface area contributed by atoms with E-state index >= 15 is 0 Å². The lowest BCUT2D eigenvalue weighted by molar-refractivity contribution is -0.910. The molecule has 4 nitrogen and oxygen atoms in total. The van der Waals surface area contributed by atoms with E-state index in [2.05, 4.69) is 51.2 Å². The minimum atomic E-state index is 0.0804. The average molecular weight is 377 g/mol. The van der Waals surface area contributed by atoms with Crippen LogP contribution in [0.5, 0.6) is 0 Å². The molecule has 1 aromatic carbocycles. The fourth-order valence-electron chi connectivity index (χ4n) is 3.40. The van der Waals surface area contributed by atoms with E-state index in [1.54, 1.807) is 0 Å². The van der Waals surface area contributed by atoms with Crippen LogP contribution in [-0.2, 0) is 11.8 Å². The number of quaternary nitrogens is 1. The number of aryl methyl sites for hydroxylation is 2. The fraction of sp³-hybridized carbons (Fsp3) is 0.389. The smallest absolute Gasteiger partial charge is 0.279 e. The van der Waals surface area contributed by atoms with Gasteiger partial charge in [0.15, 0.2) is 6.54 Å². The number of likely N-dealkylation sites (tertiary alicyclic amines) is 1. The maximum atomic E-state index is 12.4. The number of anilines is 1. The Morgan fingerprint density at radius 2 is 2.26 bits per heavy atom. The fourth-order valence-corrected chi connectivity index (χ4v) is 3.78. The number of benzene rings is 1. The summed E-state index contributed by atoms with van der Waals surface area (Å²) in [5, 5.41) is 3.02. The van der Waals surface area contributed by atoms with Gasteiger partial charge in [-0.25, -0.2) is 0 Å². The van der Waals surface area contributed by atoms with Crippen LogP contribution >= 0.6 is 15.9 Å². The summed E-state index contributed by atoms with van der Waals surface area (Å²) in [7, 11) is 2.08. The van der Waals surface area contributed by atoms with E-state index in [4.69, 9.17) is 0 Å². The molecule has 122 valence electrons. The van der Waals surface area contributed by atoms with Gasteiger partial charge in [-0.1, -0.05) is 22.0 Å². The Morgan fingerprint density at radius 3 is 2.96 bits per heavy atom. The topological polar surface area (TPSA) is 38.5 Å². The lowest BCUT2D eigenvalue weighted by Gasteiger charge is -2.21. The molecule has 0 spiro atoms. The molecule has 2 N–H and O–H groups in total. The molecule has 2 heterocycles. The van der Waals surface area contributed by atoms with Crippen LogP contribution in [0.3, 0.4) is 0 Å². The largest absolute Gasteiger partial charge is 0.350 e. The lowest BCUT2D eigenvalue weighted by atomic mass is 10.1. The monoisotopic (exact) mass is 376 g/mol. The van der Waals surface area contributed by atoms with Gasteiger partial charge in [0.25, 0.3) is 5.91 Å². The number of carbonyl (C=O) groups excluding carboxylic acids is 1. The van der Waals surface area contributed by atoms with Gasteiger partial charge in [0, 0.05) is 36.2 Å². The van der Waals surface area contributed by atoms with Crippen LogP contribution in [0.1, 0.15) is 30.1 Å². The minimum Gasteiger partial charge on any atom is -0.350 e. The molecule has 0 aliphatic carbocycles. The molecule has 2 aromatic rings. The number of hydrogen-bond donors (Lipinski definition) is 2. The Hall–Kier alpha value is -1.59. The van der Waals surface area contributed by atoms with Gasteiger partial charge in [-0.05, 0) is 36.8 Å². The highest BCUT2D eigenvalue weighted by molar-refractivity contribution is 9.10. The molecule has 3 rings (SSSR count). The van der Waals surface area contributed by atoms with Crippen molar-refractivity contribution in [3.8, 4) is 0 Å². The van der Waals surface area contributed by atoms with Crippen molar-refractivity contribution in [2.45, 2.75) is 25.8 Å². The molecule has 5 heteroatoms. The van der Waals surface area contributed by atoms with Crippen molar-refractivity contribution in [1.29, 1.82) is 0 Å². The number of nitrogens with one attached hydrogen (secondary N) is 2.